The van der Waals surface area contributed by atoms with Crippen LogP contribution in [0.2, 0.25) is 0 Å². The van der Waals surface area contributed by atoms with Gasteiger partial charge >= 0.3 is 5.97 Å². The molecule has 0 bridgehead atoms. The Morgan fingerprint density at radius 3 is 2.17 bits per heavy atom. The highest BCUT2D eigenvalue weighted by atomic mass is 16.6. The minimum atomic E-state index is -1.14. The van der Waals surface area contributed by atoms with Crippen LogP contribution in [-0.2, 0) is 14.3 Å². The molecule has 0 aromatic heterocycles. The van der Waals surface area contributed by atoms with E-state index in [1.165, 1.54) is 38.5 Å². The van der Waals surface area contributed by atoms with Gasteiger partial charge in [-0.2, -0.15) is 0 Å². The largest absolute Gasteiger partial charge is 0.457 e. The number of ether oxygens (including phenoxy) is 2. The summed E-state index contributed by atoms with van der Waals surface area (Å²) < 4.78 is 10.4. The average Bonchev–Trinajstić information content (AvgIpc) is 2.90. The Morgan fingerprint density at radius 1 is 1.08 bits per heavy atom. The highest BCUT2D eigenvalue weighted by molar-refractivity contribution is 5.69. The van der Waals surface area contributed by atoms with Gasteiger partial charge < -0.3 is 24.8 Å². The van der Waals surface area contributed by atoms with Crippen LogP contribution in [0.25, 0.3) is 0 Å². The smallest absolute Gasteiger partial charge is 0.306 e. The second-order valence-electron chi connectivity index (χ2n) is 6.65. The number of rotatable bonds is 13. The number of aliphatic hydroxyl groups excluding tert-OH is 3. The summed E-state index contributed by atoms with van der Waals surface area (Å²) >= 11 is 0. The Hall–Kier alpha value is -0.690. The molecule has 24 heavy (non-hydrogen) atoms. The van der Waals surface area contributed by atoms with E-state index < -0.39 is 37.0 Å². The van der Waals surface area contributed by atoms with E-state index in [2.05, 4.69) is 6.92 Å². The maximum atomic E-state index is 11.8. The lowest BCUT2D eigenvalue weighted by Gasteiger charge is -2.24. The Morgan fingerprint density at radius 2 is 1.67 bits per heavy atom. The molecule has 1 heterocycles. The van der Waals surface area contributed by atoms with Crippen LogP contribution in [0.1, 0.15) is 71.1 Å². The van der Waals surface area contributed by atoms with E-state index in [9.17, 15) is 20.1 Å². The van der Waals surface area contributed by atoms with E-state index in [1.807, 2.05) is 0 Å². The minimum absolute atomic E-state index is 0.0157. The fourth-order valence-corrected chi connectivity index (χ4v) is 2.97. The van der Waals surface area contributed by atoms with Gasteiger partial charge in [0.15, 0.2) is 6.10 Å². The Kier molecular flexibility index (Phi) is 11.2. The first-order valence-electron chi connectivity index (χ1n) is 9.38. The van der Waals surface area contributed by atoms with Crippen LogP contribution >= 0.6 is 0 Å². The Labute approximate surface area is 145 Å². The van der Waals surface area contributed by atoms with Crippen molar-refractivity contribution in [1.82, 2.24) is 0 Å². The number of hydrogen-bond donors (Lipinski definition) is 3. The summed E-state index contributed by atoms with van der Waals surface area (Å²) in [5, 5.41) is 28.5. The van der Waals surface area contributed by atoms with Gasteiger partial charge in [-0.3, -0.25) is 4.79 Å². The third-order valence-corrected chi connectivity index (χ3v) is 4.50. The lowest BCUT2D eigenvalue weighted by molar-refractivity contribution is -0.162. The fraction of sp³-hybridized carbons (Fsp3) is 0.944. The summed E-state index contributed by atoms with van der Waals surface area (Å²) in [4.78, 5) is 11.8. The predicted molar refractivity (Wildman–Crippen MR) is 90.6 cm³/mol. The van der Waals surface area contributed by atoms with Gasteiger partial charge in [0.2, 0.25) is 0 Å². The van der Waals surface area contributed by atoms with E-state index in [0.29, 0.717) is 6.42 Å². The summed E-state index contributed by atoms with van der Waals surface area (Å²) in [6, 6.07) is 0. The van der Waals surface area contributed by atoms with Gasteiger partial charge in [-0.15, -0.1) is 0 Å². The molecule has 1 unspecified atom stereocenters. The van der Waals surface area contributed by atoms with Gasteiger partial charge in [-0.25, -0.2) is 0 Å². The molecule has 0 radical (unpaired) electrons. The summed E-state index contributed by atoms with van der Waals surface area (Å²) in [5.41, 5.74) is 0. The molecule has 0 spiro atoms. The van der Waals surface area contributed by atoms with Gasteiger partial charge in [0.25, 0.3) is 0 Å². The van der Waals surface area contributed by atoms with Gasteiger partial charge in [0.1, 0.15) is 18.3 Å². The second kappa shape index (κ2) is 12.6. The molecule has 0 amide bonds. The summed E-state index contributed by atoms with van der Waals surface area (Å²) in [6.45, 7) is 1.76. The molecule has 6 nitrogen and oxygen atoms in total. The number of hydrogen-bond acceptors (Lipinski definition) is 6. The van der Waals surface area contributed by atoms with Gasteiger partial charge in [-0.1, -0.05) is 58.3 Å². The van der Waals surface area contributed by atoms with E-state index in [-0.39, 0.29) is 6.61 Å². The first kappa shape index (κ1) is 21.4. The molecule has 1 rings (SSSR count). The van der Waals surface area contributed by atoms with E-state index >= 15 is 0 Å². The first-order chi connectivity index (χ1) is 11.6. The molecular formula is C18H34O6. The molecule has 3 N–H and O–H groups in total. The lowest BCUT2D eigenvalue weighted by Crippen LogP contribution is -2.43. The van der Waals surface area contributed by atoms with Crippen LogP contribution in [0.5, 0.6) is 0 Å². The molecule has 1 fully saturated rings. The van der Waals surface area contributed by atoms with Crippen LogP contribution in [0.3, 0.4) is 0 Å². The zero-order valence-corrected chi connectivity index (χ0v) is 14.9. The van der Waals surface area contributed by atoms with Crippen molar-refractivity contribution >= 4 is 5.97 Å². The van der Waals surface area contributed by atoms with Crippen molar-refractivity contribution in [2.45, 2.75) is 95.5 Å². The highest BCUT2D eigenvalue weighted by Crippen LogP contribution is 2.20. The van der Waals surface area contributed by atoms with Crippen molar-refractivity contribution in [2.24, 2.45) is 0 Å². The lowest BCUT2D eigenvalue weighted by atomic mass is 10.1. The van der Waals surface area contributed by atoms with Crippen LogP contribution in [-0.4, -0.2) is 58.9 Å². The van der Waals surface area contributed by atoms with Gasteiger partial charge in [0.05, 0.1) is 13.2 Å². The first-order valence-corrected chi connectivity index (χ1v) is 9.38. The van der Waals surface area contributed by atoms with Crippen molar-refractivity contribution in [3.8, 4) is 0 Å². The Bertz CT molecular complexity index is 335. The van der Waals surface area contributed by atoms with Crippen molar-refractivity contribution in [1.29, 1.82) is 0 Å². The number of aliphatic hydroxyl groups is 3. The molecule has 1 aliphatic heterocycles. The van der Waals surface area contributed by atoms with Crippen LogP contribution in [0.15, 0.2) is 0 Å². The van der Waals surface area contributed by atoms with Crippen LogP contribution in [0.4, 0.5) is 0 Å². The summed E-state index contributed by atoms with van der Waals surface area (Å²) in [7, 11) is 0. The molecule has 1 aliphatic rings. The van der Waals surface area contributed by atoms with Crippen LogP contribution < -0.4 is 0 Å². The monoisotopic (exact) mass is 346 g/mol. The number of carbonyl (C=O) groups excluding carboxylic acids is 1. The van der Waals surface area contributed by atoms with Crippen LogP contribution in [0, 0.1) is 0 Å². The normalized spacial score (nSPS) is 24.9. The van der Waals surface area contributed by atoms with Crippen molar-refractivity contribution in [2.75, 3.05) is 13.2 Å². The fourth-order valence-electron chi connectivity index (χ4n) is 2.97. The topological polar surface area (TPSA) is 96.2 Å². The zero-order valence-electron chi connectivity index (χ0n) is 14.9. The molecule has 1 saturated heterocycles. The van der Waals surface area contributed by atoms with E-state index in [1.54, 1.807) is 0 Å². The van der Waals surface area contributed by atoms with E-state index in [4.69, 9.17) is 9.47 Å². The van der Waals surface area contributed by atoms with Crippen molar-refractivity contribution < 1.29 is 29.6 Å². The summed E-state index contributed by atoms with van der Waals surface area (Å²) in [5.74, 6) is -0.394. The maximum absolute atomic E-state index is 11.8. The third kappa shape index (κ3) is 7.92. The third-order valence-electron chi connectivity index (χ3n) is 4.50. The quantitative estimate of drug-likeness (QED) is 0.348. The molecule has 0 aromatic rings. The molecule has 4 atom stereocenters. The number of esters is 1. The molecular weight excluding hydrogens is 312 g/mol. The highest BCUT2D eigenvalue weighted by Gasteiger charge is 2.41. The van der Waals surface area contributed by atoms with Gasteiger partial charge in [-0.05, 0) is 6.42 Å². The SMILES string of the molecule is CCCCCCCCCCCC(=O)O[C@H](CO)C1OC[C@H](O)[C@H]1O. The molecule has 0 saturated carbocycles. The maximum Gasteiger partial charge on any atom is 0.306 e. The number of carbonyl (C=O) groups is 1. The summed E-state index contributed by atoms with van der Waals surface area (Å²) in [6.07, 6.45) is 6.91. The minimum Gasteiger partial charge on any atom is -0.457 e. The van der Waals surface area contributed by atoms with Gasteiger partial charge in [0, 0.05) is 6.42 Å². The molecule has 0 aliphatic carbocycles. The number of unbranched alkanes of at least 4 members (excludes halogenated alkanes) is 8. The standard InChI is InChI=1S/C18H34O6/c1-2-3-4-5-6-7-8-9-10-11-16(21)24-15(12-19)18-17(22)14(20)13-23-18/h14-15,17-20,22H,2-13H2,1H3/t14-,15+,17+,18?/m0/s1. The molecule has 0 aromatic carbocycles. The zero-order chi connectivity index (χ0) is 17.8. The van der Waals surface area contributed by atoms with E-state index in [0.717, 1.165) is 19.3 Å². The Balaban J connectivity index is 2.08. The van der Waals surface area contributed by atoms with Crippen molar-refractivity contribution in [3.05, 3.63) is 0 Å². The molecule has 6 heteroatoms. The molecule has 142 valence electrons. The predicted octanol–water partition coefficient (Wildman–Crippen LogP) is 1.93. The second-order valence-corrected chi connectivity index (χ2v) is 6.65. The van der Waals surface area contributed by atoms with Crippen molar-refractivity contribution in [3.63, 3.8) is 0 Å². The average molecular weight is 346 g/mol.